The highest BCUT2D eigenvalue weighted by atomic mass is 35.5. The van der Waals surface area contributed by atoms with Gasteiger partial charge in [-0.05, 0) is 48.6 Å². The number of nitrogens with one attached hydrogen (secondary N) is 2. The number of morpholine rings is 1. The van der Waals surface area contributed by atoms with Gasteiger partial charge in [0.1, 0.15) is 6.10 Å². The van der Waals surface area contributed by atoms with Crippen molar-refractivity contribution in [1.82, 2.24) is 10.6 Å². The number of fused-ring (bicyclic) bond motifs is 1. The predicted molar refractivity (Wildman–Crippen MR) is 112 cm³/mol. The van der Waals surface area contributed by atoms with Gasteiger partial charge in [0.25, 0.3) is 5.91 Å². The standard InChI is InChI=1S/C23H23ClN2O3/c24-18-8-4-7-16(11-18)14-25-22(27)17-9-10-20-19(13-17)26-23(28)21(29-20)12-15-5-2-1-3-6-15/h1-8,11-12,17,19-20H,9-10,13-14H2,(H,25,27)(H,26,28)/b21-12-. The first kappa shape index (κ1) is 19.5. The van der Waals surface area contributed by atoms with Gasteiger partial charge in [0.2, 0.25) is 5.91 Å². The summed E-state index contributed by atoms with van der Waals surface area (Å²) in [6, 6.07) is 16.9. The van der Waals surface area contributed by atoms with Crippen molar-refractivity contribution in [3.8, 4) is 0 Å². The van der Waals surface area contributed by atoms with Crippen LogP contribution in [0.5, 0.6) is 0 Å². The minimum Gasteiger partial charge on any atom is -0.483 e. The molecule has 2 N–H and O–H groups in total. The second-order valence-corrected chi connectivity index (χ2v) is 7.95. The van der Waals surface area contributed by atoms with E-state index < -0.39 is 0 Å². The van der Waals surface area contributed by atoms with Crippen molar-refractivity contribution in [3.63, 3.8) is 0 Å². The maximum Gasteiger partial charge on any atom is 0.286 e. The molecule has 1 saturated carbocycles. The van der Waals surface area contributed by atoms with Gasteiger partial charge >= 0.3 is 0 Å². The van der Waals surface area contributed by atoms with E-state index in [9.17, 15) is 9.59 Å². The topological polar surface area (TPSA) is 67.4 Å². The molecule has 1 aliphatic heterocycles. The zero-order valence-electron chi connectivity index (χ0n) is 15.9. The summed E-state index contributed by atoms with van der Waals surface area (Å²) >= 11 is 5.99. The molecule has 0 bridgehead atoms. The van der Waals surface area contributed by atoms with Crippen LogP contribution in [0.1, 0.15) is 30.4 Å². The third kappa shape index (κ3) is 4.80. The smallest absolute Gasteiger partial charge is 0.286 e. The van der Waals surface area contributed by atoms with Crippen molar-refractivity contribution >= 4 is 29.5 Å². The highest BCUT2D eigenvalue weighted by molar-refractivity contribution is 6.30. The molecule has 0 radical (unpaired) electrons. The number of carbonyl (C=O) groups excluding carboxylic acids is 2. The first-order chi connectivity index (χ1) is 14.1. The fourth-order valence-electron chi connectivity index (χ4n) is 3.91. The molecule has 1 heterocycles. The zero-order chi connectivity index (χ0) is 20.2. The Morgan fingerprint density at radius 3 is 2.79 bits per heavy atom. The third-order valence-electron chi connectivity index (χ3n) is 5.43. The normalized spacial score (nSPS) is 24.9. The summed E-state index contributed by atoms with van der Waals surface area (Å²) in [4.78, 5) is 25.1. The maximum atomic E-state index is 12.6. The van der Waals surface area contributed by atoms with Crippen LogP contribution in [0.2, 0.25) is 5.02 Å². The van der Waals surface area contributed by atoms with E-state index in [0.717, 1.165) is 24.0 Å². The fourth-order valence-corrected chi connectivity index (χ4v) is 4.12. The summed E-state index contributed by atoms with van der Waals surface area (Å²) in [7, 11) is 0. The summed E-state index contributed by atoms with van der Waals surface area (Å²) < 4.78 is 5.98. The number of hydrogen-bond acceptors (Lipinski definition) is 3. The van der Waals surface area contributed by atoms with Crippen molar-refractivity contribution in [2.24, 2.45) is 5.92 Å². The van der Waals surface area contributed by atoms with Crippen LogP contribution in [-0.4, -0.2) is 24.0 Å². The molecule has 29 heavy (non-hydrogen) atoms. The van der Waals surface area contributed by atoms with Crippen LogP contribution in [0.4, 0.5) is 0 Å². The van der Waals surface area contributed by atoms with E-state index in [-0.39, 0.29) is 29.9 Å². The van der Waals surface area contributed by atoms with Crippen LogP contribution in [-0.2, 0) is 20.9 Å². The number of halogens is 1. The number of carbonyl (C=O) groups is 2. The van der Waals surface area contributed by atoms with Gasteiger partial charge in [0.15, 0.2) is 5.76 Å². The van der Waals surface area contributed by atoms with E-state index in [1.807, 2.05) is 48.5 Å². The Hall–Kier alpha value is -2.79. The largest absolute Gasteiger partial charge is 0.483 e. The molecule has 3 atom stereocenters. The molecule has 5 nitrogen and oxygen atoms in total. The molecular formula is C23H23ClN2O3. The molecular weight excluding hydrogens is 388 g/mol. The molecule has 1 saturated heterocycles. The molecule has 2 aliphatic rings. The van der Waals surface area contributed by atoms with Crippen LogP contribution in [0.15, 0.2) is 60.4 Å². The van der Waals surface area contributed by atoms with Gasteiger partial charge in [-0.25, -0.2) is 0 Å². The summed E-state index contributed by atoms with van der Waals surface area (Å²) in [6.07, 6.45) is 3.70. The lowest BCUT2D eigenvalue weighted by molar-refractivity contribution is -0.134. The molecule has 2 aromatic rings. The Morgan fingerprint density at radius 2 is 2.00 bits per heavy atom. The van der Waals surface area contributed by atoms with E-state index in [4.69, 9.17) is 16.3 Å². The lowest BCUT2D eigenvalue weighted by atomic mass is 9.82. The first-order valence-corrected chi connectivity index (χ1v) is 10.2. The monoisotopic (exact) mass is 410 g/mol. The molecule has 6 heteroatoms. The van der Waals surface area contributed by atoms with Crippen molar-refractivity contribution in [2.75, 3.05) is 0 Å². The number of hydrogen-bond donors (Lipinski definition) is 2. The molecule has 0 spiro atoms. The highest BCUT2D eigenvalue weighted by Gasteiger charge is 2.40. The molecule has 0 aromatic heterocycles. The number of ether oxygens (including phenoxy) is 1. The van der Waals surface area contributed by atoms with Crippen LogP contribution in [0.25, 0.3) is 6.08 Å². The molecule has 4 rings (SSSR count). The van der Waals surface area contributed by atoms with E-state index >= 15 is 0 Å². The SMILES string of the molecule is O=C1NC2CC(C(=O)NCc3cccc(Cl)c3)CCC2O/C1=C\c1ccccc1. The van der Waals surface area contributed by atoms with Gasteiger partial charge in [0, 0.05) is 17.5 Å². The molecule has 2 aromatic carbocycles. The van der Waals surface area contributed by atoms with Gasteiger partial charge in [-0.1, -0.05) is 54.1 Å². The Labute approximate surface area is 175 Å². The minimum atomic E-state index is -0.227. The van der Waals surface area contributed by atoms with Crippen LogP contribution in [0, 0.1) is 5.92 Å². The van der Waals surface area contributed by atoms with Crippen molar-refractivity contribution < 1.29 is 14.3 Å². The molecule has 2 amide bonds. The average molecular weight is 411 g/mol. The van der Waals surface area contributed by atoms with Crippen molar-refractivity contribution in [3.05, 3.63) is 76.5 Å². The average Bonchev–Trinajstić information content (AvgIpc) is 2.73. The first-order valence-electron chi connectivity index (χ1n) is 9.85. The van der Waals surface area contributed by atoms with Crippen molar-refractivity contribution in [1.29, 1.82) is 0 Å². The van der Waals surface area contributed by atoms with E-state index in [0.29, 0.717) is 23.7 Å². The summed E-state index contributed by atoms with van der Waals surface area (Å²) in [5, 5.41) is 6.66. The number of amides is 2. The lowest BCUT2D eigenvalue weighted by Gasteiger charge is -2.39. The van der Waals surface area contributed by atoms with Crippen molar-refractivity contribution in [2.45, 2.75) is 38.0 Å². The van der Waals surface area contributed by atoms with E-state index in [1.165, 1.54) is 0 Å². The Balaban J connectivity index is 1.34. The van der Waals surface area contributed by atoms with Crippen LogP contribution in [0.3, 0.4) is 0 Å². The van der Waals surface area contributed by atoms with E-state index in [1.54, 1.807) is 12.1 Å². The molecule has 3 unspecified atom stereocenters. The minimum absolute atomic E-state index is 0.00305. The van der Waals surface area contributed by atoms with Crippen LogP contribution >= 0.6 is 11.6 Å². The third-order valence-corrected chi connectivity index (χ3v) is 5.66. The second-order valence-electron chi connectivity index (χ2n) is 7.51. The molecule has 2 fully saturated rings. The quantitative estimate of drug-likeness (QED) is 0.755. The Kier molecular flexibility index (Phi) is 5.86. The van der Waals surface area contributed by atoms with Gasteiger partial charge < -0.3 is 15.4 Å². The van der Waals surface area contributed by atoms with Gasteiger partial charge in [-0.15, -0.1) is 0 Å². The number of benzene rings is 2. The lowest BCUT2D eigenvalue weighted by Crippen LogP contribution is -2.54. The molecule has 1 aliphatic carbocycles. The van der Waals surface area contributed by atoms with Crippen LogP contribution < -0.4 is 10.6 Å². The molecule has 150 valence electrons. The summed E-state index contributed by atoms with van der Waals surface area (Å²) in [5.74, 6) is -0.0290. The zero-order valence-corrected chi connectivity index (χ0v) is 16.7. The predicted octanol–water partition coefficient (Wildman–Crippen LogP) is 3.68. The highest BCUT2D eigenvalue weighted by Crippen LogP contribution is 2.31. The summed E-state index contributed by atoms with van der Waals surface area (Å²) in [5.41, 5.74) is 1.88. The maximum absolute atomic E-state index is 12.6. The Morgan fingerprint density at radius 1 is 1.17 bits per heavy atom. The van der Waals surface area contributed by atoms with Gasteiger partial charge in [-0.2, -0.15) is 0 Å². The van der Waals surface area contributed by atoms with E-state index in [2.05, 4.69) is 10.6 Å². The Bertz CT molecular complexity index is 929. The number of rotatable bonds is 4. The fraction of sp³-hybridized carbons (Fsp3) is 0.304. The van der Waals surface area contributed by atoms with Gasteiger partial charge in [-0.3, -0.25) is 9.59 Å². The summed E-state index contributed by atoms with van der Waals surface area (Å²) in [6.45, 7) is 0.441. The second kappa shape index (κ2) is 8.70. The van der Waals surface area contributed by atoms with Gasteiger partial charge in [0.05, 0.1) is 6.04 Å².